The fourth-order valence-electron chi connectivity index (χ4n) is 1.57. The molecule has 0 saturated heterocycles. The van der Waals surface area contributed by atoms with E-state index in [1.165, 1.54) is 6.07 Å². The molecular weight excluding hydrogens is 286 g/mol. The van der Waals surface area contributed by atoms with Crippen molar-refractivity contribution >= 4 is 23.2 Å². The molecule has 8 nitrogen and oxygen atoms in total. The highest BCUT2D eigenvalue weighted by atomic mass is 35.5. The molecule has 0 aromatic carbocycles. The van der Waals surface area contributed by atoms with Gasteiger partial charge in [-0.15, -0.1) is 0 Å². The second-order valence-electron chi connectivity index (χ2n) is 3.82. The first-order chi connectivity index (χ1) is 9.58. The van der Waals surface area contributed by atoms with Gasteiger partial charge in [0.15, 0.2) is 0 Å². The summed E-state index contributed by atoms with van der Waals surface area (Å²) in [4.78, 5) is 32.5. The smallest absolute Gasteiger partial charge is 0.300 e. The maximum atomic E-state index is 11.9. The highest BCUT2D eigenvalue weighted by Gasteiger charge is 2.21. The molecule has 0 bridgehead atoms. The van der Waals surface area contributed by atoms with Crippen molar-refractivity contribution in [3.8, 4) is 0 Å². The number of nitro groups is 1. The van der Waals surface area contributed by atoms with Gasteiger partial charge in [-0.2, -0.15) is 0 Å². The highest BCUT2D eigenvalue weighted by molar-refractivity contribution is 6.29. The lowest BCUT2D eigenvalue weighted by Crippen LogP contribution is -2.26. The first-order valence-electron chi connectivity index (χ1n) is 5.64. The number of nitrogens with one attached hydrogen (secondary N) is 2. The summed E-state index contributed by atoms with van der Waals surface area (Å²) in [6.07, 6.45) is 4.73. The van der Waals surface area contributed by atoms with Crippen LogP contribution in [0.3, 0.4) is 0 Å². The Kier molecular flexibility index (Phi) is 4.26. The molecule has 2 aromatic rings. The number of amides is 1. The Morgan fingerprint density at radius 1 is 1.50 bits per heavy atom. The van der Waals surface area contributed by atoms with E-state index in [1.807, 2.05) is 0 Å². The van der Waals surface area contributed by atoms with Crippen LogP contribution < -0.4 is 5.32 Å². The summed E-state index contributed by atoms with van der Waals surface area (Å²) < 4.78 is 0. The van der Waals surface area contributed by atoms with Crippen molar-refractivity contribution in [2.75, 3.05) is 6.54 Å². The van der Waals surface area contributed by atoms with E-state index in [1.54, 1.807) is 12.4 Å². The topological polar surface area (TPSA) is 114 Å². The number of aromatic amines is 1. The maximum Gasteiger partial charge on any atom is 0.300 e. The van der Waals surface area contributed by atoms with E-state index >= 15 is 0 Å². The number of rotatable bonds is 5. The van der Waals surface area contributed by atoms with Gasteiger partial charge in [-0.05, 0) is 6.07 Å². The Morgan fingerprint density at radius 2 is 2.30 bits per heavy atom. The maximum absolute atomic E-state index is 11.9. The first-order valence-corrected chi connectivity index (χ1v) is 6.02. The first kappa shape index (κ1) is 13.9. The number of hydrogen-bond donors (Lipinski definition) is 2. The largest absolute Gasteiger partial charge is 0.351 e. The zero-order valence-electron chi connectivity index (χ0n) is 10.2. The van der Waals surface area contributed by atoms with Crippen molar-refractivity contribution in [1.82, 2.24) is 20.3 Å². The summed E-state index contributed by atoms with van der Waals surface area (Å²) in [6, 6.07) is 1.17. The molecule has 0 spiro atoms. The Labute approximate surface area is 118 Å². The number of imidazole rings is 1. The number of halogens is 1. The minimum absolute atomic E-state index is 0.0202. The van der Waals surface area contributed by atoms with Crippen LogP contribution in [0.1, 0.15) is 16.2 Å². The van der Waals surface area contributed by atoms with Gasteiger partial charge in [0, 0.05) is 25.4 Å². The van der Waals surface area contributed by atoms with E-state index in [-0.39, 0.29) is 16.4 Å². The average Bonchev–Trinajstić information content (AvgIpc) is 2.91. The van der Waals surface area contributed by atoms with Gasteiger partial charge >= 0.3 is 0 Å². The van der Waals surface area contributed by atoms with E-state index in [4.69, 9.17) is 11.6 Å². The van der Waals surface area contributed by atoms with Gasteiger partial charge in [0.25, 0.3) is 11.6 Å². The molecule has 0 aliphatic rings. The minimum Gasteiger partial charge on any atom is -0.351 e. The predicted molar refractivity (Wildman–Crippen MR) is 70.5 cm³/mol. The molecule has 0 saturated carbocycles. The zero-order chi connectivity index (χ0) is 14.5. The molecular formula is C11H10ClN5O3. The second-order valence-corrected chi connectivity index (χ2v) is 4.21. The lowest BCUT2D eigenvalue weighted by Gasteiger charge is -2.05. The van der Waals surface area contributed by atoms with Gasteiger partial charge in [0.05, 0.1) is 4.92 Å². The van der Waals surface area contributed by atoms with Gasteiger partial charge in [0.2, 0.25) is 0 Å². The molecule has 20 heavy (non-hydrogen) atoms. The van der Waals surface area contributed by atoms with Gasteiger partial charge < -0.3 is 10.3 Å². The molecule has 1 amide bonds. The number of nitrogens with zero attached hydrogens (tertiary/aromatic N) is 3. The van der Waals surface area contributed by atoms with Gasteiger partial charge in [-0.25, -0.2) is 9.97 Å². The standard InChI is InChI=1S/C11H10ClN5O3/c12-9-5-7(8(6-16-9)17(19)20)11(18)15-2-1-10-13-3-4-14-10/h3-6H,1-2H2,(H,13,14)(H,15,18). The summed E-state index contributed by atoms with van der Waals surface area (Å²) in [5.41, 5.74) is -0.501. The Balaban J connectivity index is 2.05. The van der Waals surface area contributed by atoms with E-state index < -0.39 is 10.8 Å². The van der Waals surface area contributed by atoms with Gasteiger partial charge in [-0.1, -0.05) is 11.6 Å². The monoisotopic (exact) mass is 295 g/mol. The van der Waals surface area contributed by atoms with Crippen molar-refractivity contribution in [3.05, 3.63) is 51.3 Å². The van der Waals surface area contributed by atoms with Crippen LogP contribution >= 0.6 is 11.6 Å². The van der Waals surface area contributed by atoms with Crippen LogP contribution in [0.4, 0.5) is 5.69 Å². The molecule has 2 aromatic heterocycles. The number of hydrogen-bond acceptors (Lipinski definition) is 5. The minimum atomic E-state index is -0.676. The molecule has 9 heteroatoms. The molecule has 0 unspecified atom stereocenters. The van der Waals surface area contributed by atoms with Crippen LogP contribution in [0.25, 0.3) is 0 Å². The van der Waals surface area contributed by atoms with E-state index in [0.29, 0.717) is 18.8 Å². The van der Waals surface area contributed by atoms with Gasteiger partial charge in [0.1, 0.15) is 22.7 Å². The molecule has 0 atom stereocenters. The van der Waals surface area contributed by atoms with E-state index in [9.17, 15) is 14.9 Å². The summed E-state index contributed by atoms with van der Waals surface area (Å²) in [5.74, 6) is 0.139. The highest BCUT2D eigenvalue weighted by Crippen LogP contribution is 2.20. The zero-order valence-corrected chi connectivity index (χ0v) is 10.9. The molecule has 0 radical (unpaired) electrons. The number of carbonyl (C=O) groups excluding carboxylic acids is 1. The van der Waals surface area contributed by atoms with Crippen molar-refractivity contribution in [2.45, 2.75) is 6.42 Å². The van der Waals surface area contributed by atoms with E-state index in [2.05, 4.69) is 20.3 Å². The van der Waals surface area contributed by atoms with Crippen molar-refractivity contribution in [1.29, 1.82) is 0 Å². The lowest BCUT2D eigenvalue weighted by molar-refractivity contribution is -0.385. The van der Waals surface area contributed by atoms with Gasteiger partial charge in [-0.3, -0.25) is 14.9 Å². The fourth-order valence-corrected chi connectivity index (χ4v) is 1.73. The van der Waals surface area contributed by atoms with Crippen LogP contribution in [-0.2, 0) is 6.42 Å². The molecule has 0 aliphatic carbocycles. The Morgan fingerprint density at radius 3 is 2.95 bits per heavy atom. The predicted octanol–water partition coefficient (Wildman–Crippen LogP) is 1.34. The second kappa shape index (κ2) is 6.11. The third-order valence-electron chi connectivity index (χ3n) is 2.49. The molecule has 104 valence electrons. The molecule has 2 heterocycles. The normalized spacial score (nSPS) is 10.2. The summed E-state index contributed by atoms with van der Waals surface area (Å²) >= 11 is 5.65. The lowest BCUT2D eigenvalue weighted by atomic mass is 10.2. The number of carbonyl (C=O) groups is 1. The van der Waals surface area contributed by atoms with Crippen molar-refractivity contribution < 1.29 is 9.72 Å². The van der Waals surface area contributed by atoms with Crippen LogP contribution in [0.2, 0.25) is 5.15 Å². The van der Waals surface area contributed by atoms with Crippen molar-refractivity contribution in [3.63, 3.8) is 0 Å². The number of pyridine rings is 1. The SMILES string of the molecule is O=C(NCCc1ncc[nH]1)c1cc(Cl)ncc1[N+](=O)[O-]. The summed E-state index contributed by atoms with van der Waals surface area (Å²) in [6.45, 7) is 0.295. The fraction of sp³-hybridized carbons (Fsp3) is 0.182. The third-order valence-corrected chi connectivity index (χ3v) is 2.70. The molecule has 0 fully saturated rings. The summed E-state index contributed by atoms with van der Waals surface area (Å²) in [5, 5.41) is 13.4. The number of H-pyrrole nitrogens is 1. The van der Waals surface area contributed by atoms with Crippen LogP contribution in [-0.4, -0.2) is 32.3 Å². The average molecular weight is 296 g/mol. The Hall–Kier alpha value is -2.48. The molecule has 0 aliphatic heterocycles. The van der Waals surface area contributed by atoms with Crippen LogP contribution in [0, 0.1) is 10.1 Å². The Bertz CT molecular complexity index is 629. The quantitative estimate of drug-likeness (QED) is 0.491. The van der Waals surface area contributed by atoms with Crippen LogP contribution in [0.15, 0.2) is 24.7 Å². The van der Waals surface area contributed by atoms with E-state index in [0.717, 1.165) is 6.20 Å². The van der Waals surface area contributed by atoms with Crippen LogP contribution in [0.5, 0.6) is 0 Å². The van der Waals surface area contributed by atoms with Crippen molar-refractivity contribution in [2.24, 2.45) is 0 Å². The third kappa shape index (κ3) is 3.29. The summed E-state index contributed by atoms with van der Waals surface area (Å²) in [7, 11) is 0. The molecule has 2 rings (SSSR count). The molecule has 2 N–H and O–H groups in total. The number of aromatic nitrogens is 3.